The normalized spacial score (nSPS) is 14.9. The van der Waals surface area contributed by atoms with Gasteiger partial charge in [-0.05, 0) is 17.7 Å². The molecule has 7 N–H and O–H groups in total. The van der Waals surface area contributed by atoms with E-state index >= 15 is 0 Å². The fourth-order valence-electron chi connectivity index (χ4n) is 1.98. The molecule has 19 heavy (non-hydrogen) atoms. The molecule has 0 heterocycles. The zero-order valence-corrected chi connectivity index (χ0v) is 10.2. The molecule has 0 aliphatic carbocycles. The van der Waals surface area contributed by atoms with Gasteiger partial charge in [0, 0.05) is 0 Å². The van der Waals surface area contributed by atoms with E-state index in [4.69, 9.17) is 5.73 Å². The van der Waals surface area contributed by atoms with Crippen molar-refractivity contribution in [3.05, 3.63) is 29.8 Å². The number of phenolic OH excluding ortho intramolecular Hbond substituents is 1. The van der Waals surface area contributed by atoms with Gasteiger partial charge in [-0.1, -0.05) is 12.1 Å². The van der Waals surface area contributed by atoms with Crippen molar-refractivity contribution in [2.75, 3.05) is 19.8 Å². The number of hydrogen-bond acceptors (Lipinski definition) is 6. The van der Waals surface area contributed by atoms with Gasteiger partial charge in [-0.2, -0.15) is 0 Å². The largest absolute Gasteiger partial charge is 0.508 e. The van der Waals surface area contributed by atoms with Crippen molar-refractivity contribution < 1.29 is 30.3 Å². The molecule has 0 unspecified atom stereocenters. The first-order valence-electron chi connectivity index (χ1n) is 5.52. The summed E-state index contributed by atoms with van der Waals surface area (Å²) in [5.74, 6) is -1.61. The number of aliphatic hydroxyl groups is 3. The Morgan fingerprint density at radius 2 is 1.53 bits per heavy atom. The number of carboxylic acids is 1. The van der Waals surface area contributed by atoms with Crippen molar-refractivity contribution in [1.82, 2.24) is 0 Å². The van der Waals surface area contributed by atoms with Crippen LogP contribution in [0.25, 0.3) is 0 Å². The van der Waals surface area contributed by atoms with Crippen LogP contribution in [-0.4, -0.2) is 56.9 Å². The number of carbonyl (C=O) groups is 1. The molecule has 1 aromatic carbocycles. The Morgan fingerprint density at radius 3 is 1.84 bits per heavy atom. The molecule has 0 spiro atoms. The van der Waals surface area contributed by atoms with Crippen molar-refractivity contribution in [2.45, 2.75) is 11.0 Å². The predicted molar refractivity (Wildman–Crippen MR) is 65.6 cm³/mol. The first-order valence-corrected chi connectivity index (χ1v) is 5.52. The number of aromatic hydroxyl groups is 1. The minimum atomic E-state index is -2.26. The summed E-state index contributed by atoms with van der Waals surface area (Å²) >= 11 is 0. The van der Waals surface area contributed by atoms with E-state index in [-0.39, 0.29) is 11.3 Å². The Hall–Kier alpha value is -1.67. The highest BCUT2D eigenvalue weighted by molar-refractivity contribution is 5.82. The number of carboxylic acid groups (broad SMARTS) is 1. The Bertz CT molecular complexity index is 442. The van der Waals surface area contributed by atoms with Gasteiger partial charge in [-0.15, -0.1) is 0 Å². The monoisotopic (exact) mass is 271 g/mol. The average molecular weight is 271 g/mol. The molecule has 1 rings (SSSR count). The maximum atomic E-state index is 11.3. The van der Waals surface area contributed by atoms with E-state index in [1.54, 1.807) is 0 Å². The van der Waals surface area contributed by atoms with E-state index in [1.165, 1.54) is 24.3 Å². The summed E-state index contributed by atoms with van der Waals surface area (Å²) in [4.78, 5) is 11.3. The molecule has 106 valence electrons. The lowest BCUT2D eigenvalue weighted by molar-refractivity contribution is -0.151. The van der Waals surface area contributed by atoms with Crippen LogP contribution in [0.15, 0.2) is 24.3 Å². The smallest absolute Gasteiger partial charge is 0.327 e. The van der Waals surface area contributed by atoms with Gasteiger partial charge in [-0.25, -0.2) is 0 Å². The topological polar surface area (TPSA) is 144 Å². The predicted octanol–water partition coefficient (Wildman–Crippen LogP) is -1.61. The molecule has 0 fully saturated rings. The maximum absolute atomic E-state index is 11.3. The molecule has 1 aromatic rings. The molecule has 7 nitrogen and oxygen atoms in total. The highest BCUT2D eigenvalue weighted by Crippen LogP contribution is 2.34. The Kier molecular flexibility index (Phi) is 4.48. The van der Waals surface area contributed by atoms with Crippen molar-refractivity contribution >= 4 is 5.97 Å². The fourth-order valence-corrected chi connectivity index (χ4v) is 1.98. The summed E-state index contributed by atoms with van der Waals surface area (Å²) in [5.41, 5.74) is 1.85. The SMILES string of the molecule is N[C@](CO)(C(=O)O)C(CO)(CO)c1ccc(O)cc1. The molecule has 7 heteroatoms. The van der Waals surface area contributed by atoms with Crippen molar-refractivity contribution in [3.63, 3.8) is 0 Å². The Balaban J connectivity index is 3.46. The summed E-state index contributed by atoms with van der Waals surface area (Å²) in [7, 11) is 0. The molecule has 0 bridgehead atoms. The van der Waals surface area contributed by atoms with Gasteiger partial charge in [0.05, 0.1) is 25.2 Å². The zero-order chi connectivity index (χ0) is 14.7. The van der Waals surface area contributed by atoms with Crippen LogP contribution >= 0.6 is 0 Å². The summed E-state index contributed by atoms with van der Waals surface area (Å²) in [5, 5.41) is 46.8. The van der Waals surface area contributed by atoms with Gasteiger partial charge >= 0.3 is 5.97 Å². The lowest BCUT2D eigenvalue weighted by Gasteiger charge is -2.42. The van der Waals surface area contributed by atoms with Gasteiger partial charge < -0.3 is 31.3 Å². The van der Waals surface area contributed by atoms with Crippen LogP contribution < -0.4 is 5.73 Å². The van der Waals surface area contributed by atoms with E-state index in [0.717, 1.165) is 0 Å². The van der Waals surface area contributed by atoms with E-state index in [0.29, 0.717) is 0 Å². The van der Waals surface area contributed by atoms with Gasteiger partial charge in [0.1, 0.15) is 5.75 Å². The van der Waals surface area contributed by atoms with Crippen LogP contribution in [-0.2, 0) is 10.2 Å². The van der Waals surface area contributed by atoms with Crippen LogP contribution in [0, 0.1) is 0 Å². The summed E-state index contributed by atoms with van der Waals surface area (Å²) in [6.07, 6.45) is 0. The molecule has 0 amide bonds. The van der Waals surface area contributed by atoms with Crippen LogP contribution in [0.4, 0.5) is 0 Å². The molecule has 0 aliphatic rings. The summed E-state index contributed by atoms with van der Waals surface area (Å²) in [6.45, 7) is -2.53. The number of aliphatic hydroxyl groups excluding tert-OH is 3. The molecule has 0 radical (unpaired) electrons. The number of aliphatic carboxylic acids is 1. The van der Waals surface area contributed by atoms with Gasteiger partial charge in [0.15, 0.2) is 5.54 Å². The van der Waals surface area contributed by atoms with Crippen molar-refractivity contribution in [2.24, 2.45) is 5.73 Å². The first-order chi connectivity index (χ1) is 8.87. The third-order valence-corrected chi connectivity index (χ3v) is 3.44. The minimum Gasteiger partial charge on any atom is -0.508 e. The molecular weight excluding hydrogens is 254 g/mol. The molecular formula is C12H17NO6. The molecule has 0 saturated carbocycles. The Morgan fingerprint density at radius 1 is 1.05 bits per heavy atom. The highest BCUT2D eigenvalue weighted by atomic mass is 16.4. The van der Waals surface area contributed by atoms with Crippen LogP contribution in [0.3, 0.4) is 0 Å². The lowest BCUT2D eigenvalue weighted by atomic mass is 9.66. The maximum Gasteiger partial charge on any atom is 0.327 e. The average Bonchev–Trinajstić information content (AvgIpc) is 2.41. The quantitative estimate of drug-likeness (QED) is 0.365. The highest BCUT2D eigenvalue weighted by Gasteiger charge is 2.55. The second kappa shape index (κ2) is 5.54. The van der Waals surface area contributed by atoms with Crippen LogP contribution in [0.2, 0.25) is 0 Å². The lowest BCUT2D eigenvalue weighted by Crippen LogP contribution is -2.69. The number of rotatable bonds is 6. The fraction of sp³-hybridized carbons (Fsp3) is 0.417. The number of benzene rings is 1. The summed E-state index contributed by atoms with van der Waals surface area (Å²) in [6, 6.07) is 5.22. The van der Waals surface area contributed by atoms with Crippen LogP contribution in [0.5, 0.6) is 5.75 Å². The van der Waals surface area contributed by atoms with E-state index in [9.17, 15) is 30.3 Å². The van der Waals surface area contributed by atoms with Gasteiger partial charge in [0.25, 0.3) is 0 Å². The van der Waals surface area contributed by atoms with Crippen molar-refractivity contribution in [1.29, 1.82) is 0 Å². The molecule has 1 atom stereocenters. The number of phenols is 1. The molecule has 0 saturated heterocycles. The van der Waals surface area contributed by atoms with Crippen molar-refractivity contribution in [3.8, 4) is 5.75 Å². The standard InChI is InChI=1S/C12H17NO6/c13-12(7-16,10(18)19)11(5-14,6-15)8-1-3-9(17)4-2-8/h1-4,14-17H,5-7,13H2,(H,18,19)/t12-/m1/s1. The number of hydrogen-bond donors (Lipinski definition) is 6. The third kappa shape index (κ3) is 2.28. The second-order valence-electron chi connectivity index (χ2n) is 4.38. The summed E-state index contributed by atoms with van der Waals surface area (Å²) < 4.78 is 0. The van der Waals surface area contributed by atoms with E-state index in [1.807, 2.05) is 0 Å². The van der Waals surface area contributed by atoms with Gasteiger partial charge in [-0.3, -0.25) is 4.79 Å². The molecule has 0 aromatic heterocycles. The van der Waals surface area contributed by atoms with Gasteiger partial charge in [0.2, 0.25) is 0 Å². The minimum absolute atomic E-state index is 0.0597. The number of nitrogens with two attached hydrogens (primary N) is 1. The molecule has 0 aliphatic heterocycles. The van der Waals surface area contributed by atoms with E-state index in [2.05, 4.69) is 0 Å². The Labute approximate surface area is 109 Å². The zero-order valence-electron chi connectivity index (χ0n) is 10.2. The first kappa shape index (κ1) is 15.4. The third-order valence-electron chi connectivity index (χ3n) is 3.44. The van der Waals surface area contributed by atoms with E-state index < -0.39 is 36.7 Å². The van der Waals surface area contributed by atoms with Crippen LogP contribution in [0.1, 0.15) is 5.56 Å². The second-order valence-corrected chi connectivity index (χ2v) is 4.38.